The number of benzene rings is 2. The zero-order valence-corrected chi connectivity index (χ0v) is 16.3. The molecule has 0 atom stereocenters. The van der Waals surface area contributed by atoms with Crippen molar-refractivity contribution in [1.82, 2.24) is 0 Å². The van der Waals surface area contributed by atoms with Crippen molar-refractivity contribution in [3.05, 3.63) is 39.8 Å². The number of nitrogens with zero attached hydrogens (tertiary/aromatic N) is 1. The van der Waals surface area contributed by atoms with Crippen LogP contribution in [0.2, 0.25) is 5.02 Å². The monoisotopic (exact) mass is 452 g/mol. The number of fused-ring (bicyclic) bond motifs is 2. The lowest BCUT2D eigenvalue weighted by Crippen LogP contribution is -2.43. The lowest BCUT2D eigenvalue weighted by Gasteiger charge is -2.29. The average molecular weight is 454 g/mol. The van der Waals surface area contributed by atoms with Crippen molar-refractivity contribution in [2.75, 3.05) is 36.6 Å². The Bertz CT molecular complexity index is 936. The van der Waals surface area contributed by atoms with Gasteiger partial charge in [-0.2, -0.15) is 0 Å². The van der Waals surface area contributed by atoms with Crippen molar-refractivity contribution < 1.29 is 23.8 Å². The van der Waals surface area contributed by atoms with Gasteiger partial charge in [0.1, 0.15) is 25.5 Å². The summed E-state index contributed by atoms with van der Waals surface area (Å²) < 4.78 is 17.1. The quantitative estimate of drug-likeness (QED) is 0.772. The molecule has 27 heavy (non-hydrogen) atoms. The van der Waals surface area contributed by atoms with E-state index in [2.05, 4.69) is 21.2 Å². The number of ether oxygens (including phenoxy) is 3. The minimum atomic E-state index is -0.367. The van der Waals surface area contributed by atoms with E-state index in [1.54, 1.807) is 30.3 Å². The highest BCUT2D eigenvalue weighted by atomic mass is 79.9. The summed E-state index contributed by atoms with van der Waals surface area (Å²) in [6, 6.07) is 8.36. The van der Waals surface area contributed by atoms with Crippen molar-refractivity contribution in [1.29, 1.82) is 0 Å². The van der Waals surface area contributed by atoms with E-state index in [1.807, 2.05) is 0 Å². The largest absolute Gasteiger partial charge is 0.486 e. The standard InChI is InChI=1S/C18H14BrClN2O5/c19-11-6-15-16(26-4-3-25-15)7-12(11)21-17(23)8-22-13-5-10(20)1-2-14(13)27-9-18(22)24/h1-2,5-7H,3-4,8-9H2,(H,21,23). The van der Waals surface area contributed by atoms with Gasteiger partial charge in [-0.05, 0) is 34.1 Å². The summed E-state index contributed by atoms with van der Waals surface area (Å²) in [5.41, 5.74) is 0.992. The van der Waals surface area contributed by atoms with Crippen LogP contribution in [0.25, 0.3) is 0 Å². The zero-order valence-electron chi connectivity index (χ0n) is 14.0. The van der Waals surface area contributed by atoms with E-state index in [0.29, 0.717) is 51.3 Å². The van der Waals surface area contributed by atoms with Crippen LogP contribution in [-0.2, 0) is 9.59 Å². The summed E-state index contributed by atoms with van der Waals surface area (Å²) in [4.78, 5) is 26.2. The van der Waals surface area contributed by atoms with Gasteiger partial charge in [-0.1, -0.05) is 11.6 Å². The Morgan fingerprint density at radius 3 is 2.63 bits per heavy atom. The Balaban J connectivity index is 1.53. The maximum atomic E-state index is 12.6. The van der Waals surface area contributed by atoms with E-state index >= 15 is 0 Å². The predicted octanol–water partition coefficient (Wildman–Crippen LogP) is 3.24. The molecule has 0 unspecified atom stereocenters. The molecule has 2 aromatic carbocycles. The minimum Gasteiger partial charge on any atom is -0.486 e. The van der Waals surface area contributed by atoms with Crippen LogP contribution in [0.4, 0.5) is 11.4 Å². The molecule has 7 nitrogen and oxygen atoms in total. The molecule has 0 aliphatic carbocycles. The number of carbonyl (C=O) groups is 2. The van der Waals surface area contributed by atoms with Crippen LogP contribution in [0, 0.1) is 0 Å². The van der Waals surface area contributed by atoms with Crippen molar-refractivity contribution >= 4 is 50.7 Å². The molecule has 140 valence electrons. The molecule has 2 amide bonds. The molecule has 2 aliphatic heterocycles. The summed E-state index contributed by atoms with van der Waals surface area (Å²) in [5.74, 6) is 0.986. The number of carbonyl (C=O) groups excluding carboxylic acids is 2. The van der Waals surface area contributed by atoms with Gasteiger partial charge in [0.05, 0.1) is 11.4 Å². The van der Waals surface area contributed by atoms with Crippen molar-refractivity contribution in [2.24, 2.45) is 0 Å². The van der Waals surface area contributed by atoms with E-state index in [9.17, 15) is 9.59 Å². The summed E-state index contributed by atoms with van der Waals surface area (Å²) >= 11 is 9.43. The second-order valence-electron chi connectivity index (χ2n) is 5.90. The highest BCUT2D eigenvalue weighted by Gasteiger charge is 2.28. The topological polar surface area (TPSA) is 77.1 Å². The minimum absolute atomic E-state index is 0.129. The van der Waals surface area contributed by atoms with Gasteiger partial charge in [0.25, 0.3) is 5.91 Å². The van der Waals surface area contributed by atoms with E-state index in [4.69, 9.17) is 25.8 Å². The van der Waals surface area contributed by atoms with Crippen molar-refractivity contribution in [2.45, 2.75) is 0 Å². The van der Waals surface area contributed by atoms with E-state index in [1.165, 1.54) is 4.90 Å². The average Bonchev–Trinajstić information content (AvgIpc) is 2.65. The molecule has 2 aromatic rings. The molecule has 2 heterocycles. The second-order valence-corrected chi connectivity index (χ2v) is 7.20. The van der Waals surface area contributed by atoms with Gasteiger partial charge in [0, 0.05) is 21.6 Å². The third kappa shape index (κ3) is 3.68. The molecule has 0 saturated heterocycles. The van der Waals surface area contributed by atoms with Crippen LogP contribution in [0.1, 0.15) is 0 Å². The smallest absolute Gasteiger partial charge is 0.265 e. The third-order valence-electron chi connectivity index (χ3n) is 4.07. The number of amides is 2. The van der Waals surface area contributed by atoms with E-state index in [-0.39, 0.29) is 25.0 Å². The fraction of sp³-hybridized carbons (Fsp3) is 0.222. The van der Waals surface area contributed by atoms with Gasteiger partial charge in [0.15, 0.2) is 18.1 Å². The molecular formula is C18H14BrClN2O5. The lowest BCUT2D eigenvalue weighted by atomic mass is 10.2. The van der Waals surface area contributed by atoms with Crippen molar-refractivity contribution in [3.8, 4) is 17.2 Å². The summed E-state index contributed by atoms with van der Waals surface area (Å²) in [6.07, 6.45) is 0. The van der Waals surface area contributed by atoms with Gasteiger partial charge in [0.2, 0.25) is 5.91 Å². The normalized spacial score (nSPS) is 15.0. The molecule has 0 fully saturated rings. The Kier molecular flexibility index (Phi) is 4.84. The lowest BCUT2D eigenvalue weighted by molar-refractivity contribution is -0.123. The number of hydrogen-bond acceptors (Lipinski definition) is 5. The number of rotatable bonds is 3. The summed E-state index contributed by atoms with van der Waals surface area (Å²) in [7, 11) is 0. The third-order valence-corrected chi connectivity index (χ3v) is 4.96. The van der Waals surface area contributed by atoms with Crippen LogP contribution >= 0.6 is 27.5 Å². The first-order valence-electron chi connectivity index (χ1n) is 8.13. The van der Waals surface area contributed by atoms with Crippen LogP contribution in [0.5, 0.6) is 17.2 Å². The molecule has 0 bridgehead atoms. The number of halogens is 2. The number of nitrogens with one attached hydrogen (secondary N) is 1. The molecule has 4 rings (SSSR count). The van der Waals surface area contributed by atoms with Gasteiger partial charge in [-0.25, -0.2) is 0 Å². The van der Waals surface area contributed by atoms with Crippen LogP contribution < -0.4 is 24.4 Å². The molecule has 0 saturated carbocycles. The molecule has 1 N–H and O–H groups in total. The first kappa shape index (κ1) is 17.9. The van der Waals surface area contributed by atoms with Gasteiger partial charge in [-0.15, -0.1) is 0 Å². The Morgan fingerprint density at radius 2 is 1.85 bits per heavy atom. The number of anilines is 2. The number of hydrogen-bond donors (Lipinski definition) is 1. The maximum Gasteiger partial charge on any atom is 0.265 e. The highest BCUT2D eigenvalue weighted by Crippen LogP contribution is 2.38. The fourth-order valence-electron chi connectivity index (χ4n) is 2.84. The van der Waals surface area contributed by atoms with E-state index < -0.39 is 0 Å². The summed E-state index contributed by atoms with van der Waals surface area (Å²) in [6.45, 7) is 0.625. The van der Waals surface area contributed by atoms with Gasteiger partial charge < -0.3 is 19.5 Å². The Hall–Kier alpha value is -2.45. The first-order valence-corrected chi connectivity index (χ1v) is 9.30. The zero-order chi connectivity index (χ0) is 19.0. The highest BCUT2D eigenvalue weighted by molar-refractivity contribution is 9.10. The molecule has 0 aromatic heterocycles. The predicted molar refractivity (Wildman–Crippen MR) is 103 cm³/mol. The van der Waals surface area contributed by atoms with Gasteiger partial charge >= 0.3 is 0 Å². The van der Waals surface area contributed by atoms with Gasteiger partial charge in [-0.3, -0.25) is 14.5 Å². The van der Waals surface area contributed by atoms with Crippen LogP contribution in [0.15, 0.2) is 34.8 Å². The second kappa shape index (κ2) is 7.28. The fourth-order valence-corrected chi connectivity index (χ4v) is 3.43. The molecule has 9 heteroatoms. The molecule has 2 aliphatic rings. The molecule has 0 spiro atoms. The Morgan fingerprint density at radius 1 is 1.11 bits per heavy atom. The van der Waals surface area contributed by atoms with Crippen LogP contribution in [-0.4, -0.2) is 38.2 Å². The maximum absolute atomic E-state index is 12.6. The van der Waals surface area contributed by atoms with E-state index in [0.717, 1.165) is 0 Å². The SMILES string of the molecule is O=C(CN1C(=O)COc2ccc(Cl)cc21)Nc1cc2c(cc1Br)OCCO2. The Labute approximate surface area is 168 Å². The van der Waals surface area contributed by atoms with Crippen LogP contribution in [0.3, 0.4) is 0 Å². The first-order chi connectivity index (χ1) is 13.0. The summed E-state index contributed by atoms with van der Waals surface area (Å²) in [5, 5.41) is 3.24. The van der Waals surface area contributed by atoms with Crippen molar-refractivity contribution in [3.63, 3.8) is 0 Å². The molecular weight excluding hydrogens is 440 g/mol. The molecule has 0 radical (unpaired) electrons.